The fourth-order valence-corrected chi connectivity index (χ4v) is 1.27. The van der Waals surface area contributed by atoms with Crippen molar-refractivity contribution in [2.24, 2.45) is 11.0 Å². The number of nitrogens with one attached hydrogen (secondary N) is 2. The topological polar surface area (TPSA) is 70.6 Å². The highest BCUT2D eigenvalue weighted by Gasteiger charge is 2.11. The van der Waals surface area contributed by atoms with Crippen molar-refractivity contribution in [3.8, 4) is 0 Å². The van der Waals surface area contributed by atoms with Crippen LogP contribution in [0.5, 0.6) is 0 Å². The van der Waals surface area contributed by atoms with E-state index in [0.29, 0.717) is 11.6 Å². The normalized spacial score (nSPS) is 10.7. The lowest BCUT2D eigenvalue weighted by Crippen LogP contribution is -2.39. The van der Waals surface area contributed by atoms with Crippen molar-refractivity contribution in [3.63, 3.8) is 0 Å². The molecule has 1 aromatic carbocycles. The van der Waals surface area contributed by atoms with E-state index in [1.807, 2.05) is 13.8 Å². The highest BCUT2D eigenvalue weighted by Crippen LogP contribution is 2.07. The van der Waals surface area contributed by atoms with Gasteiger partial charge in [-0.15, -0.1) is 0 Å². The fraction of sp³-hybridized carbons (Fsp3) is 0.308. The molecular weight excluding hydrogens is 266 g/mol. The summed E-state index contributed by atoms with van der Waals surface area (Å²) < 4.78 is 0. The molecule has 6 heteroatoms. The second-order valence-corrected chi connectivity index (χ2v) is 4.79. The van der Waals surface area contributed by atoms with Gasteiger partial charge in [0.05, 0.1) is 6.21 Å². The van der Waals surface area contributed by atoms with E-state index in [2.05, 4.69) is 15.8 Å². The van der Waals surface area contributed by atoms with Crippen molar-refractivity contribution in [1.29, 1.82) is 0 Å². The molecule has 2 amide bonds. The van der Waals surface area contributed by atoms with Gasteiger partial charge in [0.2, 0.25) is 0 Å². The molecule has 0 fully saturated rings. The van der Waals surface area contributed by atoms with E-state index in [-0.39, 0.29) is 5.92 Å². The smallest absolute Gasteiger partial charge is 0.329 e. The van der Waals surface area contributed by atoms with E-state index < -0.39 is 11.8 Å². The summed E-state index contributed by atoms with van der Waals surface area (Å²) in [6.07, 6.45) is 1.43. The van der Waals surface area contributed by atoms with Crippen LogP contribution in [-0.2, 0) is 9.59 Å². The largest absolute Gasteiger partial charge is 0.348 e. The van der Waals surface area contributed by atoms with Gasteiger partial charge < -0.3 is 5.32 Å². The third kappa shape index (κ3) is 6.01. The molecule has 0 heterocycles. The highest BCUT2D eigenvalue weighted by molar-refractivity contribution is 6.35. The summed E-state index contributed by atoms with van der Waals surface area (Å²) in [5, 5.41) is 6.81. The van der Waals surface area contributed by atoms with Crippen molar-refractivity contribution in [3.05, 3.63) is 34.9 Å². The van der Waals surface area contributed by atoms with Crippen LogP contribution in [0.4, 0.5) is 0 Å². The molecule has 0 atom stereocenters. The molecule has 1 aromatic rings. The first-order chi connectivity index (χ1) is 8.99. The molecular formula is C13H16ClN3O2. The van der Waals surface area contributed by atoms with Gasteiger partial charge in [-0.25, -0.2) is 5.43 Å². The van der Waals surface area contributed by atoms with Crippen LogP contribution < -0.4 is 10.7 Å². The molecule has 0 spiro atoms. The maximum absolute atomic E-state index is 11.3. The van der Waals surface area contributed by atoms with Gasteiger partial charge in [0.1, 0.15) is 0 Å². The molecule has 0 aliphatic carbocycles. The minimum absolute atomic E-state index is 0.286. The predicted molar refractivity (Wildman–Crippen MR) is 75.0 cm³/mol. The average Bonchev–Trinajstić information content (AvgIpc) is 2.38. The Bertz CT molecular complexity index is 469. The van der Waals surface area contributed by atoms with Crippen LogP contribution in [0.1, 0.15) is 19.4 Å². The Kier molecular flexibility index (Phi) is 6.02. The lowest BCUT2D eigenvalue weighted by atomic mass is 10.2. The first-order valence-electron chi connectivity index (χ1n) is 5.86. The van der Waals surface area contributed by atoms with E-state index in [0.717, 1.165) is 5.56 Å². The van der Waals surface area contributed by atoms with Crippen LogP contribution >= 0.6 is 11.6 Å². The number of carbonyl (C=O) groups excluding carboxylic acids is 2. The number of hydrazone groups is 1. The standard InChI is InChI=1S/C13H16ClN3O2/c1-9(2)7-15-12(18)13(19)17-16-8-10-3-5-11(14)6-4-10/h3-6,8-9H,7H2,1-2H3,(H,15,18)(H,17,19). The Morgan fingerprint density at radius 1 is 1.26 bits per heavy atom. The maximum atomic E-state index is 11.3. The van der Waals surface area contributed by atoms with Crippen molar-refractivity contribution >= 4 is 29.6 Å². The second kappa shape index (κ2) is 7.53. The van der Waals surface area contributed by atoms with Crippen molar-refractivity contribution < 1.29 is 9.59 Å². The lowest BCUT2D eigenvalue weighted by molar-refractivity contribution is -0.139. The van der Waals surface area contributed by atoms with Gasteiger partial charge in [-0.2, -0.15) is 5.10 Å². The molecule has 0 aliphatic rings. The van der Waals surface area contributed by atoms with Gasteiger partial charge in [0.15, 0.2) is 0 Å². The minimum Gasteiger partial charge on any atom is -0.348 e. The summed E-state index contributed by atoms with van der Waals surface area (Å²) in [5.74, 6) is -1.19. The summed E-state index contributed by atoms with van der Waals surface area (Å²) in [7, 11) is 0. The third-order valence-corrected chi connectivity index (χ3v) is 2.38. The molecule has 2 N–H and O–H groups in total. The molecule has 5 nitrogen and oxygen atoms in total. The molecule has 0 aliphatic heterocycles. The molecule has 0 saturated carbocycles. The van der Waals surface area contributed by atoms with Crippen LogP contribution in [0.2, 0.25) is 5.02 Å². The number of rotatable bonds is 4. The quantitative estimate of drug-likeness (QED) is 0.499. The van der Waals surface area contributed by atoms with Gasteiger partial charge >= 0.3 is 11.8 Å². The molecule has 0 aromatic heterocycles. The van der Waals surface area contributed by atoms with Crippen molar-refractivity contribution in [2.75, 3.05) is 6.54 Å². The van der Waals surface area contributed by atoms with Crippen molar-refractivity contribution in [1.82, 2.24) is 10.7 Å². The predicted octanol–water partition coefficient (Wildman–Crippen LogP) is 1.56. The summed E-state index contributed by atoms with van der Waals surface area (Å²) in [5.41, 5.74) is 2.93. The number of hydrogen-bond acceptors (Lipinski definition) is 3. The van der Waals surface area contributed by atoms with Gasteiger partial charge in [0, 0.05) is 11.6 Å². The number of nitrogens with zero attached hydrogens (tertiary/aromatic N) is 1. The summed E-state index contributed by atoms with van der Waals surface area (Å²) in [6, 6.07) is 6.91. The van der Waals surface area contributed by atoms with Gasteiger partial charge in [-0.3, -0.25) is 9.59 Å². The first kappa shape index (κ1) is 15.2. The monoisotopic (exact) mass is 281 g/mol. The molecule has 0 saturated heterocycles. The number of benzene rings is 1. The molecule has 0 radical (unpaired) electrons. The Balaban J connectivity index is 2.41. The lowest BCUT2D eigenvalue weighted by Gasteiger charge is -2.05. The van der Waals surface area contributed by atoms with Crippen LogP contribution in [-0.4, -0.2) is 24.6 Å². The SMILES string of the molecule is CC(C)CNC(=O)C(=O)NN=Cc1ccc(Cl)cc1. The molecule has 1 rings (SSSR count). The molecule has 102 valence electrons. The zero-order chi connectivity index (χ0) is 14.3. The zero-order valence-electron chi connectivity index (χ0n) is 10.8. The Morgan fingerprint density at radius 3 is 2.47 bits per heavy atom. The first-order valence-corrected chi connectivity index (χ1v) is 6.23. The average molecular weight is 282 g/mol. The summed E-state index contributed by atoms with van der Waals surface area (Å²) in [6.45, 7) is 4.33. The minimum atomic E-state index is -0.786. The second-order valence-electron chi connectivity index (χ2n) is 4.35. The van der Waals surface area contributed by atoms with Crippen LogP contribution in [0, 0.1) is 5.92 Å². The molecule has 0 bridgehead atoms. The van der Waals surface area contributed by atoms with Gasteiger partial charge in [-0.05, 0) is 23.6 Å². The summed E-state index contributed by atoms with van der Waals surface area (Å²) >= 11 is 5.73. The van der Waals surface area contributed by atoms with Gasteiger partial charge in [-0.1, -0.05) is 37.6 Å². The van der Waals surface area contributed by atoms with Crippen LogP contribution in [0.25, 0.3) is 0 Å². The van der Waals surface area contributed by atoms with E-state index in [1.54, 1.807) is 24.3 Å². The van der Waals surface area contributed by atoms with Crippen LogP contribution in [0.3, 0.4) is 0 Å². The van der Waals surface area contributed by atoms with E-state index in [1.165, 1.54) is 6.21 Å². The Hall–Kier alpha value is -1.88. The van der Waals surface area contributed by atoms with E-state index >= 15 is 0 Å². The maximum Gasteiger partial charge on any atom is 0.329 e. The van der Waals surface area contributed by atoms with Crippen molar-refractivity contribution in [2.45, 2.75) is 13.8 Å². The Morgan fingerprint density at radius 2 is 1.89 bits per heavy atom. The molecule has 19 heavy (non-hydrogen) atoms. The summed E-state index contributed by atoms with van der Waals surface area (Å²) in [4.78, 5) is 22.7. The van der Waals surface area contributed by atoms with Crippen LogP contribution in [0.15, 0.2) is 29.4 Å². The number of carbonyl (C=O) groups is 2. The zero-order valence-corrected chi connectivity index (χ0v) is 11.6. The molecule has 0 unspecified atom stereocenters. The Labute approximate surface area is 117 Å². The number of amides is 2. The third-order valence-electron chi connectivity index (χ3n) is 2.13. The van der Waals surface area contributed by atoms with E-state index in [4.69, 9.17) is 11.6 Å². The fourth-order valence-electron chi connectivity index (χ4n) is 1.14. The number of hydrogen-bond donors (Lipinski definition) is 2. The van der Waals surface area contributed by atoms with Gasteiger partial charge in [0.25, 0.3) is 0 Å². The van der Waals surface area contributed by atoms with E-state index in [9.17, 15) is 9.59 Å². The highest BCUT2D eigenvalue weighted by atomic mass is 35.5. The number of halogens is 1.